The largest absolute Gasteiger partial charge is 0.305 e. The van der Waals surface area contributed by atoms with Crippen LogP contribution < -0.4 is 0 Å². The van der Waals surface area contributed by atoms with E-state index in [4.69, 9.17) is 0 Å². The quantitative estimate of drug-likeness (QED) is 0.652. The number of nitrogens with zero attached hydrogens (tertiary/aromatic N) is 1. The maximum atomic E-state index is 2.49. The third-order valence-electron chi connectivity index (χ3n) is 4.15. The Bertz CT molecular complexity index is 332. The zero-order valence-electron chi connectivity index (χ0n) is 8.74. The van der Waals surface area contributed by atoms with Gasteiger partial charge in [0.25, 0.3) is 0 Å². The molecule has 0 aromatic heterocycles. The second-order valence-corrected chi connectivity index (χ2v) is 4.95. The molecule has 1 saturated carbocycles. The summed E-state index contributed by atoms with van der Waals surface area (Å²) in [6, 6.07) is 11.1. The maximum Gasteiger partial charge on any atom is 0.0121 e. The molecule has 2 unspecified atom stereocenters. The van der Waals surface area contributed by atoms with E-state index in [9.17, 15) is 0 Å². The van der Waals surface area contributed by atoms with E-state index in [1.807, 2.05) is 0 Å². The summed E-state index contributed by atoms with van der Waals surface area (Å²) in [4.78, 5) is 2.49. The van der Waals surface area contributed by atoms with Gasteiger partial charge in [0.1, 0.15) is 0 Å². The van der Waals surface area contributed by atoms with Crippen molar-refractivity contribution in [3.8, 4) is 0 Å². The average molecular weight is 187 g/mol. The van der Waals surface area contributed by atoms with Gasteiger partial charge in [0, 0.05) is 18.5 Å². The first-order valence-electron chi connectivity index (χ1n) is 5.55. The Kier molecular flexibility index (Phi) is 1.72. The summed E-state index contributed by atoms with van der Waals surface area (Å²) >= 11 is 0. The Hall–Kier alpha value is -0.820. The molecular formula is C13H17N. The van der Waals surface area contributed by atoms with Crippen LogP contribution in [0.25, 0.3) is 0 Å². The lowest BCUT2D eigenvalue weighted by Gasteiger charge is -2.44. The lowest BCUT2D eigenvalue weighted by Crippen LogP contribution is -2.43. The Morgan fingerprint density at radius 1 is 1.29 bits per heavy atom. The minimum absolute atomic E-state index is 0.524. The van der Waals surface area contributed by atoms with Crippen LogP contribution in [0.1, 0.15) is 18.4 Å². The van der Waals surface area contributed by atoms with Gasteiger partial charge in [0.15, 0.2) is 0 Å². The molecule has 74 valence electrons. The highest BCUT2D eigenvalue weighted by Crippen LogP contribution is 2.52. The first-order chi connectivity index (χ1) is 6.81. The fraction of sp³-hybridized carbons (Fsp3) is 0.538. The number of rotatable bonds is 1. The Morgan fingerprint density at radius 2 is 2.07 bits per heavy atom. The van der Waals surface area contributed by atoms with E-state index in [0.29, 0.717) is 5.41 Å². The van der Waals surface area contributed by atoms with Crippen molar-refractivity contribution in [1.29, 1.82) is 0 Å². The highest BCUT2D eigenvalue weighted by molar-refractivity contribution is 5.32. The van der Waals surface area contributed by atoms with E-state index in [-0.39, 0.29) is 0 Å². The number of likely N-dealkylation sites (N-methyl/N-ethyl adjacent to an activating group) is 1. The zero-order chi connectivity index (χ0) is 9.60. The van der Waals surface area contributed by atoms with Gasteiger partial charge in [-0.2, -0.15) is 0 Å². The molecular weight excluding hydrogens is 170 g/mol. The van der Waals surface area contributed by atoms with E-state index in [1.165, 1.54) is 25.9 Å². The molecule has 1 aromatic rings. The number of fused-ring (bicyclic) bond motifs is 1. The Morgan fingerprint density at radius 3 is 2.64 bits per heavy atom. The lowest BCUT2D eigenvalue weighted by molar-refractivity contribution is 0.182. The molecule has 1 aliphatic heterocycles. The number of hydrogen-bond donors (Lipinski definition) is 0. The third kappa shape index (κ3) is 0.992. The van der Waals surface area contributed by atoms with E-state index in [0.717, 1.165) is 5.92 Å². The van der Waals surface area contributed by atoms with Gasteiger partial charge in [0.05, 0.1) is 0 Å². The van der Waals surface area contributed by atoms with Crippen LogP contribution in [-0.4, -0.2) is 25.0 Å². The van der Waals surface area contributed by atoms with Crippen molar-refractivity contribution in [1.82, 2.24) is 4.90 Å². The topological polar surface area (TPSA) is 3.24 Å². The van der Waals surface area contributed by atoms with Crippen molar-refractivity contribution in [3.63, 3.8) is 0 Å². The van der Waals surface area contributed by atoms with E-state index < -0.39 is 0 Å². The summed E-state index contributed by atoms with van der Waals surface area (Å²) < 4.78 is 0. The predicted octanol–water partition coefficient (Wildman–Crippen LogP) is 2.28. The molecule has 1 saturated heterocycles. The summed E-state index contributed by atoms with van der Waals surface area (Å²) in [5, 5.41) is 0. The van der Waals surface area contributed by atoms with Crippen molar-refractivity contribution in [2.75, 3.05) is 20.1 Å². The van der Waals surface area contributed by atoms with Gasteiger partial charge in [-0.1, -0.05) is 30.3 Å². The molecule has 1 nitrogen and oxygen atoms in total. The van der Waals surface area contributed by atoms with Crippen LogP contribution in [0.2, 0.25) is 0 Å². The van der Waals surface area contributed by atoms with Crippen LogP contribution in [0, 0.1) is 5.92 Å². The monoisotopic (exact) mass is 187 g/mol. The van der Waals surface area contributed by atoms with Gasteiger partial charge in [-0.15, -0.1) is 0 Å². The minimum Gasteiger partial charge on any atom is -0.305 e. The molecule has 0 N–H and O–H groups in total. The second-order valence-electron chi connectivity index (χ2n) is 4.95. The molecule has 0 radical (unpaired) electrons. The van der Waals surface area contributed by atoms with Crippen LogP contribution in [0.5, 0.6) is 0 Å². The van der Waals surface area contributed by atoms with Crippen molar-refractivity contribution >= 4 is 0 Å². The third-order valence-corrected chi connectivity index (χ3v) is 4.15. The first kappa shape index (κ1) is 8.49. The molecule has 1 heteroatoms. The summed E-state index contributed by atoms with van der Waals surface area (Å²) in [7, 11) is 2.25. The van der Waals surface area contributed by atoms with Crippen LogP contribution >= 0.6 is 0 Å². The highest BCUT2D eigenvalue weighted by atomic mass is 15.1. The van der Waals surface area contributed by atoms with Crippen LogP contribution in [-0.2, 0) is 5.41 Å². The number of likely N-dealkylation sites (tertiary alicyclic amines) is 1. The molecule has 0 spiro atoms. The van der Waals surface area contributed by atoms with E-state index in [2.05, 4.69) is 42.3 Å². The Labute approximate surface area is 85.7 Å². The van der Waals surface area contributed by atoms with Gasteiger partial charge < -0.3 is 4.90 Å². The molecule has 1 aromatic carbocycles. The van der Waals surface area contributed by atoms with Gasteiger partial charge >= 0.3 is 0 Å². The van der Waals surface area contributed by atoms with Gasteiger partial charge in [-0.25, -0.2) is 0 Å². The van der Waals surface area contributed by atoms with E-state index in [1.54, 1.807) is 5.56 Å². The predicted molar refractivity (Wildman–Crippen MR) is 58.3 cm³/mol. The molecule has 2 fully saturated rings. The van der Waals surface area contributed by atoms with Crippen LogP contribution in [0.3, 0.4) is 0 Å². The minimum atomic E-state index is 0.524. The van der Waals surface area contributed by atoms with Crippen molar-refractivity contribution in [2.45, 2.75) is 18.3 Å². The van der Waals surface area contributed by atoms with Gasteiger partial charge in [0.2, 0.25) is 0 Å². The van der Waals surface area contributed by atoms with Crippen LogP contribution in [0.15, 0.2) is 30.3 Å². The molecule has 3 rings (SSSR count). The molecule has 2 atom stereocenters. The number of hydrogen-bond acceptors (Lipinski definition) is 1. The van der Waals surface area contributed by atoms with Gasteiger partial charge in [-0.05, 0) is 31.4 Å². The maximum absolute atomic E-state index is 2.49. The molecule has 0 bridgehead atoms. The van der Waals surface area contributed by atoms with Crippen molar-refractivity contribution in [2.24, 2.45) is 5.92 Å². The summed E-state index contributed by atoms with van der Waals surface area (Å²) in [5.74, 6) is 0.926. The number of benzene rings is 1. The molecule has 1 heterocycles. The summed E-state index contributed by atoms with van der Waals surface area (Å²) in [6.45, 7) is 2.57. The lowest BCUT2D eigenvalue weighted by atomic mass is 9.59. The van der Waals surface area contributed by atoms with Crippen LogP contribution in [0.4, 0.5) is 0 Å². The van der Waals surface area contributed by atoms with Crippen molar-refractivity contribution < 1.29 is 0 Å². The van der Waals surface area contributed by atoms with Crippen molar-refractivity contribution in [3.05, 3.63) is 35.9 Å². The summed E-state index contributed by atoms with van der Waals surface area (Å²) in [5.41, 5.74) is 2.09. The summed E-state index contributed by atoms with van der Waals surface area (Å²) in [6.07, 6.45) is 2.82. The molecule has 1 aliphatic carbocycles. The smallest absolute Gasteiger partial charge is 0.0121 e. The fourth-order valence-electron chi connectivity index (χ4n) is 3.33. The highest BCUT2D eigenvalue weighted by Gasteiger charge is 2.52. The second kappa shape index (κ2) is 2.83. The normalized spacial score (nSPS) is 36.5. The molecule has 14 heavy (non-hydrogen) atoms. The van der Waals surface area contributed by atoms with E-state index >= 15 is 0 Å². The molecule has 0 amide bonds. The molecule has 2 aliphatic rings. The first-order valence-corrected chi connectivity index (χ1v) is 5.55. The Balaban J connectivity index is 1.98. The van der Waals surface area contributed by atoms with Gasteiger partial charge in [-0.3, -0.25) is 0 Å². The average Bonchev–Trinajstić information content (AvgIpc) is 2.43. The standard InChI is InChI=1S/C13H17N/c1-14-9-12-7-8-13(12,10-14)11-5-3-2-4-6-11/h2-6,12H,7-10H2,1H3. The SMILES string of the molecule is CN1CC2CCC2(c2ccccc2)C1. The zero-order valence-corrected chi connectivity index (χ0v) is 8.74. The fourth-order valence-corrected chi connectivity index (χ4v) is 3.33.